The number of hydrogen-bond acceptors (Lipinski definition) is 5. The fourth-order valence-corrected chi connectivity index (χ4v) is 1.83. The Kier molecular flexibility index (Phi) is 5.86. The zero-order valence-electron chi connectivity index (χ0n) is 12.8. The average Bonchev–Trinajstić information content (AvgIpc) is 2.56. The topological polar surface area (TPSA) is 61.8 Å². The molecule has 0 aromatic heterocycles. The van der Waals surface area contributed by atoms with Gasteiger partial charge in [0, 0.05) is 0 Å². The van der Waals surface area contributed by atoms with Crippen molar-refractivity contribution in [3.8, 4) is 11.5 Å². The average molecular weight is 308 g/mol. The zero-order valence-corrected chi connectivity index (χ0v) is 12.8. The van der Waals surface area contributed by atoms with Gasteiger partial charge in [0.15, 0.2) is 0 Å². The van der Waals surface area contributed by atoms with Gasteiger partial charge in [0.2, 0.25) is 0 Å². The minimum Gasteiger partial charge on any atom is -0.497 e. The van der Waals surface area contributed by atoms with Gasteiger partial charge in [-0.15, -0.1) is 0 Å². The summed E-state index contributed by atoms with van der Waals surface area (Å²) in [5.74, 6) is -0.103. The molecule has 0 saturated heterocycles. The summed E-state index contributed by atoms with van der Waals surface area (Å²) in [5, 5.41) is 0. The van der Waals surface area contributed by atoms with Gasteiger partial charge in [-0.3, -0.25) is 9.59 Å². The molecule has 2 aromatic carbocycles. The molecule has 114 valence electrons. The van der Waals surface area contributed by atoms with Gasteiger partial charge >= 0.3 is 0 Å². The van der Waals surface area contributed by atoms with Crippen molar-refractivity contribution < 1.29 is 23.8 Å². The lowest BCUT2D eigenvalue weighted by atomic mass is 9.68. The van der Waals surface area contributed by atoms with Crippen molar-refractivity contribution >= 4 is 37.2 Å². The molecule has 5 nitrogen and oxygen atoms in total. The van der Waals surface area contributed by atoms with Gasteiger partial charge in [0.05, 0.1) is 14.2 Å². The van der Waals surface area contributed by atoms with Crippen LogP contribution in [0.4, 0.5) is 9.59 Å². The molecule has 0 aliphatic rings. The first-order valence-electron chi connectivity index (χ1n) is 6.84. The van der Waals surface area contributed by atoms with Gasteiger partial charge in [0.25, 0.3) is 26.3 Å². The third-order valence-corrected chi connectivity index (χ3v) is 3.00. The number of carbonyl (C=O) groups is 2. The number of benzene rings is 2. The van der Waals surface area contributed by atoms with Crippen molar-refractivity contribution in [3.05, 3.63) is 48.5 Å². The van der Waals surface area contributed by atoms with Crippen LogP contribution in [0.25, 0.3) is 0 Å². The second-order valence-corrected chi connectivity index (χ2v) is 4.58. The maximum absolute atomic E-state index is 11.7. The third-order valence-electron chi connectivity index (χ3n) is 3.00. The van der Waals surface area contributed by atoms with Crippen LogP contribution in [-0.2, 0) is 4.74 Å². The molecule has 0 unspecified atom stereocenters. The highest BCUT2D eigenvalue weighted by Crippen LogP contribution is 2.06. The molecule has 2 radical (unpaired) electrons. The second-order valence-electron chi connectivity index (χ2n) is 4.58. The molecule has 0 N–H and O–H groups in total. The lowest BCUT2D eigenvalue weighted by molar-refractivity contribution is 0.184. The van der Waals surface area contributed by atoms with E-state index in [1.807, 2.05) is 0 Å². The number of methoxy groups -OCH3 is 2. The fraction of sp³-hybridized carbons (Fsp3) is 0.125. The molecular weight excluding hydrogens is 294 g/mol. The van der Waals surface area contributed by atoms with Crippen LogP contribution in [0.2, 0.25) is 0 Å². The Labute approximate surface area is 136 Å². The van der Waals surface area contributed by atoms with E-state index in [9.17, 15) is 9.59 Å². The summed E-state index contributed by atoms with van der Waals surface area (Å²) in [6.07, 6.45) is 0. The Morgan fingerprint density at radius 3 is 1.35 bits per heavy atom. The Hall–Kier alpha value is -2.69. The van der Waals surface area contributed by atoms with Gasteiger partial charge in [-0.05, 0) is 24.3 Å². The SMILES string of the molecule is COc1ccc([B]C(=O)OC(=O)[B]c2ccc(OC)cc2)cc1. The summed E-state index contributed by atoms with van der Waals surface area (Å²) in [7, 11) is 5.58. The van der Waals surface area contributed by atoms with Crippen molar-refractivity contribution in [1.29, 1.82) is 0 Å². The second kappa shape index (κ2) is 8.08. The molecule has 0 amide bonds. The highest BCUT2D eigenvalue weighted by Gasteiger charge is 2.15. The molecule has 0 spiro atoms. The van der Waals surface area contributed by atoms with E-state index in [0.717, 1.165) is 0 Å². The van der Waals surface area contributed by atoms with Crippen LogP contribution in [0.5, 0.6) is 11.5 Å². The number of ether oxygens (including phenoxy) is 3. The quantitative estimate of drug-likeness (QED) is 0.595. The highest BCUT2D eigenvalue weighted by molar-refractivity contribution is 6.87. The van der Waals surface area contributed by atoms with E-state index in [1.165, 1.54) is 14.6 Å². The molecule has 0 bridgehead atoms. The lowest BCUT2D eigenvalue weighted by Gasteiger charge is -2.04. The third kappa shape index (κ3) is 5.21. The summed E-state index contributed by atoms with van der Waals surface area (Å²) in [4.78, 5) is 23.4. The molecular formula is C16H14B2O5. The Morgan fingerprint density at radius 1 is 0.696 bits per heavy atom. The fourth-order valence-electron chi connectivity index (χ4n) is 1.83. The van der Waals surface area contributed by atoms with E-state index < -0.39 is 11.7 Å². The Morgan fingerprint density at radius 2 is 1.04 bits per heavy atom. The molecule has 0 heterocycles. The molecule has 2 aromatic rings. The maximum Gasteiger partial charge on any atom is 0.300 e. The maximum atomic E-state index is 11.7. The summed E-state index contributed by atoms with van der Waals surface area (Å²) in [5.41, 5.74) is 1.24. The summed E-state index contributed by atoms with van der Waals surface area (Å²) < 4.78 is 14.8. The highest BCUT2D eigenvalue weighted by atomic mass is 16.6. The van der Waals surface area contributed by atoms with E-state index in [2.05, 4.69) is 0 Å². The van der Waals surface area contributed by atoms with Crippen LogP contribution >= 0.6 is 0 Å². The van der Waals surface area contributed by atoms with Crippen molar-refractivity contribution in [2.75, 3.05) is 14.2 Å². The molecule has 0 atom stereocenters. The van der Waals surface area contributed by atoms with Crippen molar-refractivity contribution in [1.82, 2.24) is 0 Å². The van der Waals surface area contributed by atoms with E-state index in [-0.39, 0.29) is 0 Å². The van der Waals surface area contributed by atoms with Crippen LogP contribution in [0, 0.1) is 0 Å². The molecule has 23 heavy (non-hydrogen) atoms. The van der Waals surface area contributed by atoms with Crippen LogP contribution in [0.15, 0.2) is 48.5 Å². The minimum atomic E-state index is -0.732. The number of hydrogen-bond donors (Lipinski definition) is 0. The predicted molar refractivity (Wildman–Crippen MR) is 88.6 cm³/mol. The monoisotopic (exact) mass is 308 g/mol. The van der Waals surface area contributed by atoms with Crippen molar-refractivity contribution in [2.24, 2.45) is 0 Å². The first kappa shape index (κ1) is 16.7. The zero-order chi connectivity index (χ0) is 16.7. The molecule has 2 rings (SSSR count). The first-order valence-corrected chi connectivity index (χ1v) is 6.84. The number of rotatable bonds is 6. The molecule has 0 saturated carbocycles. The normalized spacial score (nSPS) is 9.65. The van der Waals surface area contributed by atoms with Crippen LogP contribution < -0.4 is 20.4 Å². The van der Waals surface area contributed by atoms with Gasteiger partial charge in [-0.2, -0.15) is 0 Å². The van der Waals surface area contributed by atoms with Crippen LogP contribution in [-0.4, -0.2) is 40.5 Å². The molecule has 0 aliphatic heterocycles. The van der Waals surface area contributed by atoms with Crippen molar-refractivity contribution in [3.63, 3.8) is 0 Å². The van der Waals surface area contributed by atoms with Gasteiger partial charge in [0.1, 0.15) is 11.5 Å². The summed E-state index contributed by atoms with van der Waals surface area (Å²) >= 11 is 0. The molecule has 7 heteroatoms. The lowest BCUT2D eigenvalue weighted by Crippen LogP contribution is -2.31. The number of carbonyl (C=O) groups excluding carboxylic acids is 2. The summed E-state index contributed by atoms with van der Waals surface area (Å²) in [6, 6.07) is 13.6. The van der Waals surface area contributed by atoms with E-state index >= 15 is 0 Å². The summed E-state index contributed by atoms with van der Waals surface area (Å²) in [6.45, 7) is 0. The largest absolute Gasteiger partial charge is 0.497 e. The smallest absolute Gasteiger partial charge is 0.300 e. The van der Waals surface area contributed by atoms with Crippen LogP contribution in [0.3, 0.4) is 0 Å². The van der Waals surface area contributed by atoms with E-state index in [1.54, 1.807) is 62.8 Å². The standard InChI is InChI=1S/C16H14B2O5/c1-21-13-7-3-11(4-8-13)17-15(19)23-16(20)18-12-5-9-14(22-2)10-6-12/h3-10H,1-2H3. The van der Waals surface area contributed by atoms with Gasteiger partial charge in [-0.25, -0.2) is 0 Å². The van der Waals surface area contributed by atoms with Gasteiger partial charge < -0.3 is 14.2 Å². The van der Waals surface area contributed by atoms with E-state index in [4.69, 9.17) is 14.2 Å². The minimum absolute atomic E-state index is 0.619. The molecule has 0 aliphatic carbocycles. The first-order chi connectivity index (χ1) is 11.1. The molecule has 0 fully saturated rings. The van der Waals surface area contributed by atoms with E-state index in [0.29, 0.717) is 22.4 Å². The van der Waals surface area contributed by atoms with Gasteiger partial charge in [-0.1, -0.05) is 35.2 Å². The Balaban J connectivity index is 1.84. The Bertz CT molecular complexity index is 608. The predicted octanol–water partition coefficient (Wildman–Crippen LogP) is 1.32. The van der Waals surface area contributed by atoms with Crippen LogP contribution in [0.1, 0.15) is 0 Å². The van der Waals surface area contributed by atoms with Crippen molar-refractivity contribution in [2.45, 2.75) is 0 Å².